The van der Waals surface area contributed by atoms with Gasteiger partial charge in [0.05, 0.1) is 0 Å². The number of halogens is 1. The number of hydrogen-bond acceptors (Lipinski definition) is 4. The summed E-state index contributed by atoms with van der Waals surface area (Å²) in [7, 11) is 0. The highest BCUT2D eigenvalue weighted by Gasteiger charge is 2.21. The number of carbonyl (C=O) groups excluding carboxylic acids is 1. The predicted molar refractivity (Wildman–Crippen MR) is 81.3 cm³/mol. The van der Waals surface area contributed by atoms with E-state index in [-0.39, 0.29) is 5.91 Å². The molecule has 108 valence electrons. The molecule has 0 saturated heterocycles. The van der Waals surface area contributed by atoms with E-state index in [1.165, 1.54) is 12.8 Å². The average molecular weight is 303 g/mol. The summed E-state index contributed by atoms with van der Waals surface area (Å²) in [5.74, 6) is 0.474. The molecule has 1 aliphatic rings. The first-order valence-corrected chi connectivity index (χ1v) is 7.21. The molecule has 5 nitrogen and oxygen atoms in total. The predicted octanol–water partition coefficient (Wildman–Crippen LogP) is 2.63. The Kier molecular flexibility index (Phi) is 4.01. The van der Waals surface area contributed by atoms with Crippen molar-refractivity contribution < 1.29 is 4.79 Å². The van der Waals surface area contributed by atoms with E-state index in [1.807, 2.05) is 12.1 Å². The molecule has 6 heteroatoms. The summed E-state index contributed by atoms with van der Waals surface area (Å²) in [6.45, 7) is 0.430. The van der Waals surface area contributed by atoms with E-state index in [1.54, 1.807) is 24.3 Å². The van der Waals surface area contributed by atoms with Crippen LogP contribution in [0.1, 0.15) is 28.9 Å². The van der Waals surface area contributed by atoms with Gasteiger partial charge in [-0.05, 0) is 42.7 Å². The summed E-state index contributed by atoms with van der Waals surface area (Å²) in [5, 5.41) is 14.7. The number of aromatic nitrogens is 2. The topological polar surface area (TPSA) is 66.9 Å². The molecule has 1 fully saturated rings. The first-order chi connectivity index (χ1) is 10.2. The van der Waals surface area contributed by atoms with Crippen molar-refractivity contribution in [1.82, 2.24) is 15.5 Å². The zero-order valence-electron chi connectivity index (χ0n) is 11.3. The van der Waals surface area contributed by atoms with Crippen molar-refractivity contribution >= 4 is 23.3 Å². The molecule has 0 atom stereocenters. The Balaban J connectivity index is 1.55. The number of rotatable bonds is 5. The van der Waals surface area contributed by atoms with Gasteiger partial charge in [-0.2, -0.15) is 0 Å². The van der Waals surface area contributed by atoms with E-state index < -0.39 is 0 Å². The largest absolute Gasteiger partial charge is 0.366 e. The van der Waals surface area contributed by atoms with Crippen LogP contribution in [0.15, 0.2) is 36.4 Å². The van der Waals surface area contributed by atoms with Crippen LogP contribution in [-0.4, -0.2) is 22.1 Å². The van der Waals surface area contributed by atoms with Gasteiger partial charge in [0, 0.05) is 17.6 Å². The highest BCUT2D eigenvalue weighted by Crippen LogP contribution is 2.23. The monoisotopic (exact) mass is 302 g/mol. The number of benzene rings is 1. The Hall–Kier alpha value is -2.14. The second-order valence-corrected chi connectivity index (χ2v) is 5.47. The maximum Gasteiger partial charge on any atom is 0.272 e. The zero-order chi connectivity index (χ0) is 14.7. The van der Waals surface area contributed by atoms with Gasteiger partial charge in [0.15, 0.2) is 5.69 Å². The first-order valence-electron chi connectivity index (χ1n) is 6.83. The third-order valence-electron chi connectivity index (χ3n) is 3.19. The number of anilines is 1. The van der Waals surface area contributed by atoms with E-state index >= 15 is 0 Å². The Morgan fingerprint density at radius 2 is 1.90 bits per heavy atom. The maximum absolute atomic E-state index is 12.0. The SMILES string of the molecule is O=C(NCc1ccc(Cl)cc1)c1ccc(NC2CC2)nn1. The van der Waals surface area contributed by atoms with E-state index in [9.17, 15) is 4.79 Å². The summed E-state index contributed by atoms with van der Waals surface area (Å²) in [4.78, 5) is 12.0. The second kappa shape index (κ2) is 6.10. The fourth-order valence-corrected chi connectivity index (χ4v) is 1.97. The van der Waals surface area contributed by atoms with Crippen molar-refractivity contribution in [2.24, 2.45) is 0 Å². The minimum absolute atomic E-state index is 0.240. The van der Waals surface area contributed by atoms with Crippen molar-refractivity contribution in [3.63, 3.8) is 0 Å². The molecule has 21 heavy (non-hydrogen) atoms. The highest BCUT2D eigenvalue weighted by molar-refractivity contribution is 6.30. The zero-order valence-corrected chi connectivity index (χ0v) is 12.1. The van der Waals surface area contributed by atoms with E-state index in [0.717, 1.165) is 5.56 Å². The lowest BCUT2D eigenvalue weighted by atomic mass is 10.2. The molecule has 2 aromatic rings. The summed E-state index contributed by atoms with van der Waals surface area (Å²) in [6.07, 6.45) is 2.34. The molecule has 1 amide bonds. The number of nitrogens with zero attached hydrogens (tertiary/aromatic N) is 2. The molecule has 2 N–H and O–H groups in total. The van der Waals surface area contributed by atoms with Crippen LogP contribution in [0, 0.1) is 0 Å². The van der Waals surface area contributed by atoms with Crippen LogP contribution < -0.4 is 10.6 Å². The standard InChI is InChI=1S/C15H15ClN4O/c16-11-3-1-10(2-4-11)9-17-15(21)13-7-8-14(20-19-13)18-12-5-6-12/h1-4,7-8,12H,5-6,9H2,(H,17,21)(H,18,20). The van der Waals surface area contributed by atoms with Gasteiger partial charge in [-0.3, -0.25) is 4.79 Å². The van der Waals surface area contributed by atoms with Crippen LogP contribution in [0.3, 0.4) is 0 Å². The van der Waals surface area contributed by atoms with Crippen molar-refractivity contribution in [2.75, 3.05) is 5.32 Å². The summed E-state index contributed by atoms with van der Waals surface area (Å²) in [5.41, 5.74) is 1.29. The molecule has 0 unspecified atom stereocenters. The normalized spacial score (nSPS) is 13.8. The molecule has 0 spiro atoms. The second-order valence-electron chi connectivity index (χ2n) is 5.03. The fraction of sp³-hybridized carbons (Fsp3) is 0.267. The van der Waals surface area contributed by atoms with E-state index in [0.29, 0.717) is 29.1 Å². The number of carbonyl (C=O) groups is 1. The minimum Gasteiger partial charge on any atom is -0.366 e. The maximum atomic E-state index is 12.0. The van der Waals surface area contributed by atoms with Crippen molar-refractivity contribution in [3.05, 3.63) is 52.7 Å². The molecule has 3 rings (SSSR count). The highest BCUT2D eigenvalue weighted by atomic mass is 35.5. The molecule has 1 aromatic carbocycles. The van der Waals surface area contributed by atoms with E-state index in [4.69, 9.17) is 11.6 Å². The smallest absolute Gasteiger partial charge is 0.272 e. The van der Waals surface area contributed by atoms with Crippen LogP contribution >= 0.6 is 11.6 Å². The molecule has 1 aliphatic carbocycles. The van der Waals surface area contributed by atoms with Crippen LogP contribution in [0.4, 0.5) is 5.82 Å². The molecule has 1 aromatic heterocycles. The van der Waals surface area contributed by atoms with Crippen molar-refractivity contribution in [2.45, 2.75) is 25.4 Å². The van der Waals surface area contributed by atoms with Gasteiger partial charge in [0.25, 0.3) is 5.91 Å². The van der Waals surface area contributed by atoms with Crippen molar-refractivity contribution in [1.29, 1.82) is 0 Å². The Morgan fingerprint density at radius 3 is 2.52 bits per heavy atom. The molecule has 0 radical (unpaired) electrons. The lowest BCUT2D eigenvalue weighted by molar-refractivity contribution is 0.0945. The Labute approximate surface area is 127 Å². The molecule has 1 saturated carbocycles. The Morgan fingerprint density at radius 1 is 1.14 bits per heavy atom. The lowest BCUT2D eigenvalue weighted by Gasteiger charge is -2.06. The molecular formula is C15H15ClN4O. The van der Waals surface area contributed by atoms with Gasteiger partial charge >= 0.3 is 0 Å². The Bertz CT molecular complexity index is 623. The summed E-state index contributed by atoms with van der Waals surface area (Å²) >= 11 is 5.81. The van der Waals surface area contributed by atoms with Gasteiger partial charge in [-0.1, -0.05) is 23.7 Å². The summed E-state index contributed by atoms with van der Waals surface area (Å²) in [6, 6.07) is 11.3. The van der Waals surface area contributed by atoms with Crippen LogP contribution in [0.2, 0.25) is 5.02 Å². The fourth-order valence-electron chi connectivity index (χ4n) is 1.84. The molecular weight excluding hydrogens is 288 g/mol. The summed E-state index contributed by atoms with van der Waals surface area (Å²) < 4.78 is 0. The van der Waals surface area contributed by atoms with Gasteiger partial charge in [0.2, 0.25) is 0 Å². The van der Waals surface area contributed by atoms with Gasteiger partial charge < -0.3 is 10.6 Å². The third kappa shape index (κ3) is 3.92. The van der Waals surface area contributed by atoms with Crippen LogP contribution in [0.25, 0.3) is 0 Å². The van der Waals surface area contributed by atoms with Crippen LogP contribution in [-0.2, 0) is 6.54 Å². The molecule has 0 aliphatic heterocycles. The van der Waals surface area contributed by atoms with E-state index in [2.05, 4.69) is 20.8 Å². The number of hydrogen-bond donors (Lipinski definition) is 2. The van der Waals surface area contributed by atoms with Crippen molar-refractivity contribution in [3.8, 4) is 0 Å². The number of amides is 1. The third-order valence-corrected chi connectivity index (χ3v) is 3.44. The average Bonchev–Trinajstić information content (AvgIpc) is 3.31. The van der Waals surface area contributed by atoms with Gasteiger partial charge in [0.1, 0.15) is 5.82 Å². The van der Waals surface area contributed by atoms with Gasteiger partial charge in [-0.15, -0.1) is 10.2 Å². The first kappa shape index (κ1) is 13.8. The van der Waals surface area contributed by atoms with Gasteiger partial charge in [-0.25, -0.2) is 0 Å². The minimum atomic E-state index is -0.240. The molecule has 1 heterocycles. The molecule has 0 bridgehead atoms. The number of nitrogens with one attached hydrogen (secondary N) is 2. The quantitative estimate of drug-likeness (QED) is 0.891. The lowest BCUT2D eigenvalue weighted by Crippen LogP contribution is -2.24. The van der Waals surface area contributed by atoms with Crippen LogP contribution in [0.5, 0.6) is 0 Å².